The largest absolute Gasteiger partial charge is 0.384 e. The number of Topliss-reactive ketones (excluding diaryl/α,β-unsaturated/α-hetero) is 1. The van der Waals surface area contributed by atoms with Gasteiger partial charge in [-0.25, -0.2) is 0 Å². The molecule has 1 aromatic heterocycles. The molecule has 1 heterocycles. The van der Waals surface area contributed by atoms with Crippen molar-refractivity contribution < 1.29 is 9.90 Å². The van der Waals surface area contributed by atoms with Gasteiger partial charge in [0.25, 0.3) is 0 Å². The van der Waals surface area contributed by atoms with Crippen LogP contribution in [0.15, 0.2) is 18.3 Å². The lowest BCUT2D eigenvalue weighted by molar-refractivity contribution is -0.123. The lowest BCUT2D eigenvalue weighted by Crippen LogP contribution is -2.34. The van der Waals surface area contributed by atoms with Crippen molar-refractivity contribution in [3.63, 3.8) is 0 Å². The van der Waals surface area contributed by atoms with Crippen LogP contribution in [0.2, 0.25) is 0 Å². The van der Waals surface area contributed by atoms with Crippen LogP contribution in [0.25, 0.3) is 0 Å². The van der Waals surface area contributed by atoms with Crippen LogP contribution in [0, 0.1) is 5.92 Å². The Balaban J connectivity index is 2.11. The average Bonchev–Trinajstić information content (AvgIpc) is 2.39. The van der Waals surface area contributed by atoms with Gasteiger partial charge in [-0.15, -0.1) is 0 Å². The Labute approximate surface area is 115 Å². The number of aliphatic hydroxyl groups is 1. The zero-order chi connectivity index (χ0) is 14.0. The van der Waals surface area contributed by atoms with Crippen molar-refractivity contribution in [2.24, 2.45) is 5.92 Å². The van der Waals surface area contributed by atoms with Gasteiger partial charge in [0.1, 0.15) is 11.4 Å². The summed E-state index contributed by atoms with van der Waals surface area (Å²) in [5.41, 5.74) is 1.09. The third-order valence-corrected chi connectivity index (χ3v) is 4.32. The zero-order valence-electron chi connectivity index (χ0n) is 12.0. The first-order chi connectivity index (χ1) is 8.92. The highest BCUT2D eigenvalue weighted by Crippen LogP contribution is 2.39. The molecular weight excluding hydrogens is 238 g/mol. The van der Waals surface area contributed by atoms with Gasteiger partial charge >= 0.3 is 0 Å². The Kier molecular flexibility index (Phi) is 4.04. The fraction of sp³-hybridized carbons (Fsp3) is 0.625. The molecule has 1 N–H and O–H groups in total. The average molecular weight is 261 g/mol. The standard InChI is InChI=1S/C16H23NO2/c1-11(2)14-4-5-15(17-10-14)16(19)8-6-13(7-9-16)12(3)18/h4-5,10-11,13,19H,6-9H2,1-3H3. The first-order valence-corrected chi connectivity index (χ1v) is 7.11. The number of nitrogens with zero attached hydrogens (tertiary/aromatic N) is 1. The maximum absolute atomic E-state index is 11.4. The second kappa shape index (κ2) is 5.41. The molecule has 0 radical (unpaired) electrons. The van der Waals surface area contributed by atoms with E-state index in [0.29, 0.717) is 18.8 Å². The molecule has 1 saturated carbocycles. The quantitative estimate of drug-likeness (QED) is 0.909. The summed E-state index contributed by atoms with van der Waals surface area (Å²) in [4.78, 5) is 15.8. The molecule has 0 amide bonds. The number of pyridine rings is 1. The van der Waals surface area contributed by atoms with Gasteiger partial charge in [-0.2, -0.15) is 0 Å². The number of hydrogen-bond donors (Lipinski definition) is 1. The summed E-state index contributed by atoms with van der Waals surface area (Å²) in [6.07, 6.45) is 4.64. The molecule has 0 aromatic carbocycles. The Bertz CT molecular complexity index is 442. The smallest absolute Gasteiger partial charge is 0.132 e. The molecule has 3 nitrogen and oxygen atoms in total. The van der Waals surface area contributed by atoms with E-state index in [9.17, 15) is 9.90 Å². The molecule has 19 heavy (non-hydrogen) atoms. The minimum atomic E-state index is -0.846. The van der Waals surface area contributed by atoms with E-state index < -0.39 is 5.60 Å². The molecule has 0 bridgehead atoms. The number of aromatic nitrogens is 1. The predicted molar refractivity (Wildman–Crippen MR) is 74.9 cm³/mol. The van der Waals surface area contributed by atoms with Crippen LogP contribution in [0.3, 0.4) is 0 Å². The van der Waals surface area contributed by atoms with Crippen molar-refractivity contribution in [2.45, 2.75) is 58.0 Å². The predicted octanol–water partition coefficient (Wildman–Crippen LogP) is 3.17. The van der Waals surface area contributed by atoms with Crippen molar-refractivity contribution in [1.82, 2.24) is 4.98 Å². The van der Waals surface area contributed by atoms with Gasteiger partial charge in [0.15, 0.2) is 0 Å². The molecule has 1 fully saturated rings. The van der Waals surface area contributed by atoms with Crippen LogP contribution in [-0.4, -0.2) is 15.9 Å². The number of hydrogen-bond acceptors (Lipinski definition) is 3. The van der Waals surface area contributed by atoms with Gasteiger partial charge in [0.2, 0.25) is 0 Å². The lowest BCUT2D eigenvalue weighted by atomic mass is 9.75. The minimum absolute atomic E-state index is 0.121. The summed E-state index contributed by atoms with van der Waals surface area (Å²) in [7, 11) is 0. The summed E-state index contributed by atoms with van der Waals surface area (Å²) in [6, 6.07) is 3.98. The van der Waals surface area contributed by atoms with Crippen LogP contribution in [0.5, 0.6) is 0 Å². The maximum Gasteiger partial charge on any atom is 0.132 e. The van der Waals surface area contributed by atoms with E-state index in [-0.39, 0.29) is 11.7 Å². The van der Waals surface area contributed by atoms with Crippen molar-refractivity contribution in [2.75, 3.05) is 0 Å². The summed E-state index contributed by atoms with van der Waals surface area (Å²) in [6.45, 7) is 5.90. The molecule has 3 heteroatoms. The molecule has 1 aromatic rings. The molecule has 2 rings (SSSR count). The summed E-state index contributed by atoms with van der Waals surface area (Å²) in [5.74, 6) is 0.810. The van der Waals surface area contributed by atoms with Gasteiger partial charge in [0, 0.05) is 12.1 Å². The second-order valence-corrected chi connectivity index (χ2v) is 6.05. The fourth-order valence-corrected chi connectivity index (χ4v) is 2.78. The molecule has 1 aliphatic carbocycles. The Morgan fingerprint density at radius 1 is 1.37 bits per heavy atom. The first-order valence-electron chi connectivity index (χ1n) is 7.11. The molecule has 0 aliphatic heterocycles. The number of carbonyl (C=O) groups excluding carboxylic acids is 1. The van der Waals surface area contributed by atoms with E-state index in [1.54, 1.807) is 6.92 Å². The summed E-state index contributed by atoms with van der Waals surface area (Å²) in [5, 5.41) is 10.7. The van der Waals surface area contributed by atoms with Crippen molar-refractivity contribution in [3.05, 3.63) is 29.6 Å². The van der Waals surface area contributed by atoms with E-state index in [4.69, 9.17) is 0 Å². The van der Waals surface area contributed by atoms with Gasteiger partial charge in [0.05, 0.1) is 5.69 Å². The lowest BCUT2D eigenvalue weighted by Gasteiger charge is -2.34. The number of carbonyl (C=O) groups is 1. The summed E-state index contributed by atoms with van der Waals surface area (Å²) >= 11 is 0. The van der Waals surface area contributed by atoms with Crippen molar-refractivity contribution in [1.29, 1.82) is 0 Å². The molecule has 104 valence electrons. The van der Waals surface area contributed by atoms with Crippen molar-refractivity contribution in [3.8, 4) is 0 Å². The molecule has 1 aliphatic rings. The second-order valence-electron chi connectivity index (χ2n) is 6.05. The molecule has 0 saturated heterocycles. The van der Waals surface area contributed by atoms with Gasteiger partial charge < -0.3 is 5.11 Å². The Hall–Kier alpha value is -1.22. The van der Waals surface area contributed by atoms with E-state index in [1.807, 2.05) is 18.3 Å². The first kappa shape index (κ1) is 14.2. The Morgan fingerprint density at radius 2 is 2.00 bits per heavy atom. The SMILES string of the molecule is CC(=O)C1CCC(O)(c2ccc(C(C)C)cn2)CC1. The molecule has 0 spiro atoms. The third kappa shape index (κ3) is 3.03. The highest BCUT2D eigenvalue weighted by atomic mass is 16.3. The molecule has 0 atom stereocenters. The fourth-order valence-electron chi connectivity index (χ4n) is 2.78. The minimum Gasteiger partial charge on any atom is -0.384 e. The highest BCUT2D eigenvalue weighted by molar-refractivity contribution is 5.78. The number of ketones is 1. The molecule has 0 unspecified atom stereocenters. The monoisotopic (exact) mass is 261 g/mol. The third-order valence-electron chi connectivity index (χ3n) is 4.32. The topological polar surface area (TPSA) is 50.2 Å². The van der Waals surface area contributed by atoms with Gasteiger partial charge in [-0.1, -0.05) is 19.9 Å². The normalized spacial score (nSPS) is 27.5. The van der Waals surface area contributed by atoms with E-state index in [1.165, 1.54) is 5.56 Å². The van der Waals surface area contributed by atoms with Crippen LogP contribution in [-0.2, 0) is 10.4 Å². The van der Waals surface area contributed by atoms with Crippen LogP contribution in [0.4, 0.5) is 0 Å². The van der Waals surface area contributed by atoms with Crippen molar-refractivity contribution >= 4 is 5.78 Å². The zero-order valence-corrected chi connectivity index (χ0v) is 12.0. The summed E-state index contributed by atoms with van der Waals surface area (Å²) < 4.78 is 0. The molecular formula is C16H23NO2. The highest BCUT2D eigenvalue weighted by Gasteiger charge is 2.37. The number of rotatable bonds is 3. The van der Waals surface area contributed by atoms with Crippen LogP contribution in [0.1, 0.15) is 63.6 Å². The maximum atomic E-state index is 11.4. The van der Waals surface area contributed by atoms with Gasteiger partial charge in [-0.3, -0.25) is 9.78 Å². The van der Waals surface area contributed by atoms with Gasteiger partial charge in [-0.05, 0) is 50.2 Å². The van der Waals surface area contributed by atoms with E-state index in [0.717, 1.165) is 18.5 Å². The van der Waals surface area contributed by atoms with Crippen LogP contribution >= 0.6 is 0 Å². The van der Waals surface area contributed by atoms with E-state index in [2.05, 4.69) is 18.8 Å². The Morgan fingerprint density at radius 3 is 2.42 bits per heavy atom. The van der Waals surface area contributed by atoms with E-state index >= 15 is 0 Å². The van der Waals surface area contributed by atoms with Crippen LogP contribution < -0.4 is 0 Å².